The first-order chi connectivity index (χ1) is 19.9. The minimum atomic E-state index is -0.471. The predicted octanol–water partition coefficient (Wildman–Crippen LogP) is 4.03. The summed E-state index contributed by atoms with van der Waals surface area (Å²) >= 11 is 0. The average Bonchev–Trinajstić information content (AvgIpc) is 3.41. The molecule has 3 aromatic heterocycles. The number of carbonyl (C=O) groups excluding carboxylic acids is 2. The Morgan fingerprint density at radius 2 is 2.05 bits per heavy atom. The van der Waals surface area contributed by atoms with Crippen LogP contribution in [0.3, 0.4) is 0 Å². The highest BCUT2D eigenvalue weighted by Crippen LogP contribution is 2.40. The maximum atomic E-state index is 15.6. The Kier molecular flexibility index (Phi) is 6.45. The van der Waals surface area contributed by atoms with Gasteiger partial charge in [-0.05, 0) is 63.1 Å². The van der Waals surface area contributed by atoms with Crippen molar-refractivity contribution in [1.29, 1.82) is 0 Å². The molecule has 0 bridgehead atoms. The molecule has 0 radical (unpaired) electrons. The topological polar surface area (TPSA) is 107 Å². The number of piperidine rings is 1. The Labute approximate surface area is 237 Å². The fourth-order valence-electron chi connectivity index (χ4n) is 6.35. The van der Waals surface area contributed by atoms with Gasteiger partial charge in [0.25, 0.3) is 5.91 Å². The van der Waals surface area contributed by atoms with Gasteiger partial charge in [0.15, 0.2) is 0 Å². The van der Waals surface area contributed by atoms with E-state index in [4.69, 9.17) is 15.6 Å². The van der Waals surface area contributed by atoms with Gasteiger partial charge >= 0.3 is 0 Å². The molecule has 2 unspecified atom stereocenters. The minimum absolute atomic E-state index is 0.00492. The van der Waals surface area contributed by atoms with E-state index in [1.165, 1.54) is 23.4 Å². The van der Waals surface area contributed by atoms with Crippen molar-refractivity contribution in [2.75, 3.05) is 19.7 Å². The molecule has 214 valence electrons. The number of nitrogens with two attached hydrogens (primary N) is 1. The predicted molar refractivity (Wildman–Crippen MR) is 153 cm³/mol. The number of carbonyl (C=O) groups is 2. The maximum absolute atomic E-state index is 15.6. The summed E-state index contributed by atoms with van der Waals surface area (Å²) in [6.45, 7) is 4.19. The van der Waals surface area contributed by atoms with Gasteiger partial charge in [-0.2, -0.15) is 5.10 Å². The molecule has 1 aromatic carbocycles. The summed E-state index contributed by atoms with van der Waals surface area (Å²) < 4.78 is 25.6. The Bertz CT molecular complexity index is 1670. The summed E-state index contributed by atoms with van der Waals surface area (Å²) in [7, 11) is 0. The van der Waals surface area contributed by atoms with Crippen LogP contribution in [0.1, 0.15) is 54.4 Å². The third-order valence-electron chi connectivity index (χ3n) is 8.70. The Balaban J connectivity index is 1.28. The summed E-state index contributed by atoms with van der Waals surface area (Å²) in [6, 6.07) is 9.35. The molecule has 2 amide bonds. The third kappa shape index (κ3) is 4.84. The molecule has 1 saturated carbocycles. The number of aromatic nitrogens is 3. The summed E-state index contributed by atoms with van der Waals surface area (Å²) in [6.07, 6.45) is 7.00. The van der Waals surface area contributed by atoms with Gasteiger partial charge in [-0.3, -0.25) is 9.59 Å². The zero-order chi connectivity index (χ0) is 28.2. The molecule has 7 rings (SSSR count). The van der Waals surface area contributed by atoms with Gasteiger partial charge in [0.1, 0.15) is 29.4 Å². The number of rotatable bonds is 7. The summed E-state index contributed by atoms with van der Waals surface area (Å²) in [5.41, 5.74) is 10.00. The first-order valence-electron chi connectivity index (χ1n) is 14.6. The standard InChI is InChI=1S/C31H35FN6O3/c1-18-28(35-38-15-21(12-24(32)29(18)38)31(40)36-11-3-5-22(33)16-36)25-13-20-4-2-6-26(30(20)37(25)14-19-7-8-19)41-17-23-9-10-27(39)34-23/h2,4,6,12-13,15,19,22-23H,3,5,7-11,14,16-17,33H2,1H3,(H,34,39). The van der Waals surface area contributed by atoms with E-state index in [0.29, 0.717) is 43.2 Å². The van der Waals surface area contributed by atoms with Gasteiger partial charge in [0.2, 0.25) is 5.91 Å². The molecule has 3 aliphatic rings. The second-order valence-corrected chi connectivity index (χ2v) is 11.9. The zero-order valence-corrected chi connectivity index (χ0v) is 23.2. The van der Waals surface area contributed by atoms with Crippen LogP contribution < -0.4 is 15.8 Å². The Morgan fingerprint density at radius 3 is 2.80 bits per heavy atom. The van der Waals surface area contributed by atoms with Gasteiger partial charge in [-0.1, -0.05) is 12.1 Å². The molecule has 2 atom stereocenters. The van der Waals surface area contributed by atoms with Crippen LogP contribution in [0, 0.1) is 18.7 Å². The SMILES string of the molecule is Cc1c(-c2cc3cccc(OCC4CCC(=O)N4)c3n2CC2CC2)nn2cc(C(=O)N3CCCC(N)C3)cc(F)c12. The smallest absolute Gasteiger partial charge is 0.255 e. The van der Waals surface area contributed by atoms with E-state index >= 15 is 4.39 Å². The molecule has 2 aliphatic heterocycles. The van der Waals surface area contributed by atoms with Crippen molar-refractivity contribution >= 4 is 28.2 Å². The van der Waals surface area contributed by atoms with Crippen LogP contribution in [-0.2, 0) is 11.3 Å². The monoisotopic (exact) mass is 558 g/mol. The van der Waals surface area contributed by atoms with Crippen molar-refractivity contribution in [3.63, 3.8) is 0 Å². The minimum Gasteiger partial charge on any atom is -0.489 e. The lowest BCUT2D eigenvalue weighted by atomic mass is 10.1. The number of ether oxygens (including phenoxy) is 1. The molecule has 5 heterocycles. The molecule has 2 saturated heterocycles. The van der Waals surface area contributed by atoms with Gasteiger partial charge in [-0.25, -0.2) is 8.91 Å². The molecule has 1 aliphatic carbocycles. The van der Waals surface area contributed by atoms with E-state index < -0.39 is 5.82 Å². The second-order valence-electron chi connectivity index (χ2n) is 11.9. The van der Waals surface area contributed by atoms with E-state index in [2.05, 4.69) is 22.0 Å². The number of likely N-dealkylation sites (tertiary alicyclic amines) is 1. The molecule has 4 aromatic rings. The second kappa shape index (κ2) is 10.2. The largest absolute Gasteiger partial charge is 0.489 e. The first kappa shape index (κ1) is 26.0. The Hall–Kier alpha value is -3.92. The van der Waals surface area contributed by atoms with Crippen molar-refractivity contribution in [2.24, 2.45) is 11.7 Å². The van der Waals surface area contributed by atoms with Crippen molar-refractivity contribution in [1.82, 2.24) is 24.4 Å². The number of hydrogen-bond acceptors (Lipinski definition) is 5. The van der Waals surface area contributed by atoms with Crippen LogP contribution in [-0.4, -0.2) is 62.7 Å². The Morgan fingerprint density at radius 1 is 1.20 bits per heavy atom. The summed E-state index contributed by atoms with van der Waals surface area (Å²) in [5, 5.41) is 8.84. The van der Waals surface area contributed by atoms with Gasteiger partial charge in [0.05, 0.1) is 22.8 Å². The quantitative estimate of drug-likeness (QED) is 0.356. The van der Waals surface area contributed by atoms with Crippen LogP contribution in [0.25, 0.3) is 27.8 Å². The summed E-state index contributed by atoms with van der Waals surface area (Å²) in [4.78, 5) is 26.6. The fraction of sp³-hybridized carbons (Fsp3) is 0.452. The number of amides is 2. The lowest BCUT2D eigenvalue weighted by Gasteiger charge is -2.30. The molecule has 10 heteroatoms. The number of nitrogens with one attached hydrogen (secondary N) is 1. The van der Waals surface area contributed by atoms with Crippen molar-refractivity contribution in [2.45, 2.75) is 64.1 Å². The zero-order valence-electron chi connectivity index (χ0n) is 23.2. The van der Waals surface area contributed by atoms with Crippen LogP contribution in [0.15, 0.2) is 36.5 Å². The molecule has 3 fully saturated rings. The summed E-state index contributed by atoms with van der Waals surface area (Å²) in [5.74, 6) is 0.700. The number of pyridine rings is 1. The molecule has 9 nitrogen and oxygen atoms in total. The van der Waals surface area contributed by atoms with E-state index in [1.807, 2.05) is 19.1 Å². The maximum Gasteiger partial charge on any atom is 0.255 e. The molecular formula is C31H35FN6O3. The fourth-order valence-corrected chi connectivity index (χ4v) is 6.35. The van der Waals surface area contributed by atoms with Crippen LogP contribution in [0.2, 0.25) is 0 Å². The van der Waals surface area contributed by atoms with Gasteiger partial charge < -0.3 is 25.3 Å². The van der Waals surface area contributed by atoms with Crippen molar-refractivity contribution < 1.29 is 18.7 Å². The van der Waals surface area contributed by atoms with Crippen molar-refractivity contribution in [3.05, 3.63) is 53.5 Å². The van der Waals surface area contributed by atoms with Gasteiger partial charge in [0, 0.05) is 49.2 Å². The molecular weight excluding hydrogens is 523 g/mol. The highest BCUT2D eigenvalue weighted by atomic mass is 19.1. The third-order valence-corrected chi connectivity index (χ3v) is 8.70. The highest BCUT2D eigenvalue weighted by molar-refractivity contribution is 5.95. The average molecular weight is 559 g/mol. The number of para-hydroxylation sites is 1. The van der Waals surface area contributed by atoms with E-state index in [0.717, 1.165) is 53.7 Å². The number of hydrogen-bond donors (Lipinski definition) is 2. The van der Waals surface area contributed by atoms with Crippen LogP contribution in [0.4, 0.5) is 4.39 Å². The number of nitrogens with zero attached hydrogens (tertiary/aromatic N) is 4. The molecule has 0 spiro atoms. The molecule has 41 heavy (non-hydrogen) atoms. The van der Waals surface area contributed by atoms with Gasteiger partial charge in [-0.15, -0.1) is 0 Å². The van der Waals surface area contributed by atoms with Crippen LogP contribution >= 0.6 is 0 Å². The first-order valence-corrected chi connectivity index (χ1v) is 14.6. The number of aryl methyl sites for hydroxylation is 1. The lowest BCUT2D eigenvalue weighted by molar-refractivity contribution is -0.119. The number of halogens is 1. The normalized spacial score (nSPS) is 21.1. The lowest BCUT2D eigenvalue weighted by Crippen LogP contribution is -2.45. The molecule has 3 N–H and O–H groups in total. The number of fused-ring (bicyclic) bond motifs is 2. The van der Waals surface area contributed by atoms with Crippen LogP contribution in [0.5, 0.6) is 5.75 Å². The highest BCUT2D eigenvalue weighted by Gasteiger charge is 2.29. The van der Waals surface area contributed by atoms with E-state index in [1.54, 1.807) is 11.1 Å². The van der Waals surface area contributed by atoms with E-state index in [-0.39, 0.29) is 29.5 Å². The number of benzene rings is 1. The van der Waals surface area contributed by atoms with Crippen molar-refractivity contribution in [3.8, 4) is 17.1 Å². The van der Waals surface area contributed by atoms with E-state index in [9.17, 15) is 9.59 Å².